The van der Waals surface area contributed by atoms with Crippen molar-refractivity contribution >= 4 is 35.6 Å². The van der Waals surface area contributed by atoms with Crippen LogP contribution in [-0.4, -0.2) is 77.4 Å². The largest absolute Gasteiger partial charge is 0.497 e. The molecule has 7 nitrogen and oxygen atoms in total. The molecule has 8 heteroatoms. The number of piperidine rings is 1. The Bertz CT molecular complexity index is 674. The monoisotopic (exact) mass is 545 g/mol. The zero-order chi connectivity index (χ0) is 21.3. The Morgan fingerprint density at radius 3 is 2.39 bits per heavy atom. The van der Waals surface area contributed by atoms with Crippen molar-refractivity contribution in [3.05, 3.63) is 18.2 Å². The Morgan fingerprint density at radius 1 is 1.10 bits per heavy atom. The summed E-state index contributed by atoms with van der Waals surface area (Å²) < 4.78 is 10.8. The van der Waals surface area contributed by atoms with Crippen LogP contribution in [-0.2, 0) is 0 Å². The van der Waals surface area contributed by atoms with Gasteiger partial charge in [0.25, 0.3) is 0 Å². The number of likely N-dealkylation sites (tertiary alicyclic amines) is 1. The summed E-state index contributed by atoms with van der Waals surface area (Å²) in [5, 5.41) is 7.13. The van der Waals surface area contributed by atoms with Crippen molar-refractivity contribution < 1.29 is 9.47 Å². The maximum absolute atomic E-state index is 5.42. The van der Waals surface area contributed by atoms with Gasteiger partial charge in [-0.05, 0) is 38.3 Å². The zero-order valence-corrected chi connectivity index (χ0v) is 21.9. The molecule has 2 fully saturated rings. The minimum absolute atomic E-state index is 0. The van der Waals surface area contributed by atoms with Crippen LogP contribution in [0.25, 0.3) is 0 Å². The number of methoxy groups -OCH3 is 2. The van der Waals surface area contributed by atoms with Gasteiger partial charge in [-0.25, -0.2) is 0 Å². The van der Waals surface area contributed by atoms with Crippen LogP contribution in [0, 0.1) is 5.92 Å². The number of ether oxygens (including phenoxy) is 2. The molecule has 0 spiro atoms. The van der Waals surface area contributed by atoms with Crippen molar-refractivity contribution in [1.29, 1.82) is 0 Å². The van der Waals surface area contributed by atoms with Gasteiger partial charge in [-0.15, -0.1) is 24.0 Å². The van der Waals surface area contributed by atoms with Crippen LogP contribution in [0.4, 0.5) is 5.69 Å². The first-order valence-corrected chi connectivity index (χ1v) is 11.3. The number of nitrogens with one attached hydrogen (secondary N) is 2. The predicted octanol–water partition coefficient (Wildman–Crippen LogP) is 3.19. The maximum atomic E-state index is 5.42. The molecule has 0 radical (unpaired) electrons. The fourth-order valence-electron chi connectivity index (χ4n) is 4.39. The molecule has 0 bridgehead atoms. The lowest BCUT2D eigenvalue weighted by atomic mass is 10.1. The molecule has 2 unspecified atom stereocenters. The summed E-state index contributed by atoms with van der Waals surface area (Å²) in [5.41, 5.74) is 1.13. The normalized spacial score (nSPS) is 20.7. The molecule has 2 saturated heterocycles. The summed E-state index contributed by atoms with van der Waals surface area (Å²) in [5.74, 6) is 3.14. The lowest BCUT2D eigenvalue weighted by Gasteiger charge is -2.29. The number of benzene rings is 1. The first kappa shape index (κ1) is 25.8. The van der Waals surface area contributed by atoms with Crippen LogP contribution >= 0.6 is 24.0 Å². The highest BCUT2D eigenvalue weighted by molar-refractivity contribution is 14.0. The van der Waals surface area contributed by atoms with Crippen molar-refractivity contribution in [2.75, 3.05) is 65.4 Å². The topological polar surface area (TPSA) is 61.4 Å². The van der Waals surface area contributed by atoms with Gasteiger partial charge >= 0.3 is 0 Å². The molecule has 2 aliphatic rings. The average Bonchev–Trinajstić information content (AvgIpc) is 3.25. The summed E-state index contributed by atoms with van der Waals surface area (Å²) in [6.07, 6.45) is 5.16. The SMILES string of the molecule is CN=C(NCC(C)CN1CCCCC1)NC1CCN(c2cc(OC)cc(OC)c2)C1.I. The molecule has 31 heavy (non-hydrogen) atoms. The number of guanidine groups is 1. The average molecular weight is 546 g/mol. The van der Waals surface area contributed by atoms with E-state index >= 15 is 0 Å². The van der Waals surface area contributed by atoms with E-state index < -0.39 is 0 Å². The molecule has 2 atom stereocenters. The number of anilines is 1. The number of hydrogen-bond acceptors (Lipinski definition) is 5. The summed E-state index contributed by atoms with van der Waals surface area (Å²) in [6.45, 7) is 8.87. The molecule has 2 heterocycles. The van der Waals surface area contributed by atoms with Crippen molar-refractivity contribution in [2.45, 2.75) is 38.6 Å². The van der Waals surface area contributed by atoms with Gasteiger partial charge in [0.05, 0.1) is 14.2 Å². The third-order valence-electron chi connectivity index (χ3n) is 6.09. The highest BCUT2D eigenvalue weighted by Crippen LogP contribution is 2.30. The quantitative estimate of drug-likeness (QED) is 0.298. The first-order chi connectivity index (χ1) is 14.6. The number of halogens is 1. The lowest BCUT2D eigenvalue weighted by molar-refractivity contribution is 0.201. The second kappa shape index (κ2) is 13.2. The summed E-state index contributed by atoms with van der Waals surface area (Å²) >= 11 is 0. The highest BCUT2D eigenvalue weighted by atomic mass is 127. The first-order valence-electron chi connectivity index (χ1n) is 11.3. The lowest BCUT2D eigenvalue weighted by Crippen LogP contribution is -2.46. The molecule has 0 aromatic heterocycles. The van der Waals surface area contributed by atoms with Crippen molar-refractivity contribution in [3.63, 3.8) is 0 Å². The van der Waals surface area contributed by atoms with E-state index in [4.69, 9.17) is 9.47 Å². The number of aliphatic imine (C=N–C) groups is 1. The Morgan fingerprint density at radius 2 is 1.77 bits per heavy atom. The smallest absolute Gasteiger partial charge is 0.191 e. The summed E-state index contributed by atoms with van der Waals surface area (Å²) in [6, 6.07) is 6.41. The molecule has 0 aliphatic carbocycles. The van der Waals surface area contributed by atoms with Gasteiger partial charge in [-0.2, -0.15) is 0 Å². The molecule has 1 aromatic rings. The van der Waals surface area contributed by atoms with Crippen LogP contribution < -0.4 is 25.0 Å². The van der Waals surface area contributed by atoms with Crippen LogP contribution in [0.5, 0.6) is 11.5 Å². The third-order valence-corrected chi connectivity index (χ3v) is 6.09. The van der Waals surface area contributed by atoms with E-state index in [9.17, 15) is 0 Å². The summed E-state index contributed by atoms with van der Waals surface area (Å²) in [7, 11) is 5.23. The van der Waals surface area contributed by atoms with E-state index in [1.165, 1.54) is 38.9 Å². The molecular weight excluding hydrogens is 505 g/mol. The van der Waals surface area contributed by atoms with Gasteiger partial charge in [0.15, 0.2) is 5.96 Å². The summed E-state index contributed by atoms with van der Waals surface area (Å²) in [4.78, 5) is 9.42. The molecule has 176 valence electrons. The molecular formula is C23H40IN5O2. The Labute approximate surface area is 205 Å². The third kappa shape index (κ3) is 7.89. The second-order valence-corrected chi connectivity index (χ2v) is 8.57. The minimum atomic E-state index is 0. The van der Waals surface area contributed by atoms with Gasteiger partial charge in [0, 0.05) is 63.2 Å². The van der Waals surface area contributed by atoms with Gasteiger partial charge in [0.2, 0.25) is 0 Å². The molecule has 0 amide bonds. The maximum Gasteiger partial charge on any atom is 0.191 e. The van der Waals surface area contributed by atoms with E-state index in [-0.39, 0.29) is 24.0 Å². The Balaban J connectivity index is 0.00000341. The highest BCUT2D eigenvalue weighted by Gasteiger charge is 2.24. The molecule has 0 saturated carbocycles. The van der Waals surface area contributed by atoms with Gasteiger partial charge in [0.1, 0.15) is 11.5 Å². The van der Waals surface area contributed by atoms with E-state index in [2.05, 4.69) is 44.5 Å². The van der Waals surface area contributed by atoms with E-state index in [1.807, 2.05) is 13.1 Å². The molecule has 3 rings (SSSR count). The van der Waals surface area contributed by atoms with Crippen LogP contribution in [0.3, 0.4) is 0 Å². The van der Waals surface area contributed by atoms with E-state index in [0.29, 0.717) is 12.0 Å². The zero-order valence-electron chi connectivity index (χ0n) is 19.5. The fraction of sp³-hybridized carbons (Fsp3) is 0.696. The molecule has 2 N–H and O–H groups in total. The van der Waals surface area contributed by atoms with Crippen LogP contribution in [0.1, 0.15) is 32.6 Å². The van der Waals surface area contributed by atoms with Gasteiger partial charge in [-0.1, -0.05) is 13.3 Å². The van der Waals surface area contributed by atoms with Crippen LogP contribution in [0.15, 0.2) is 23.2 Å². The number of nitrogens with zero attached hydrogens (tertiary/aromatic N) is 3. The number of hydrogen-bond donors (Lipinski definition) is 2. The van der Waals surface area contributed by atoms with Crippen molar-refractivity contribution in [3.8, 4) is 11.5 Å². The predicted molar refractivity (Wildman–Crippen MR) is 140 cm³/mol. The van der Waals surface area contributed by atoms with E-state index in [0.717, 1.165) is 49.2 Å². The standard InChI is InChI=1S/C23H39N5O2.HI/c1-18(16-27-9-6-5-7-10-27)15-25-23(24-2)26-19-8-11-28(17-19)20-12-21(29-3)14-22(13-20)30-4;/h12-14,18-19H,5-11,15-17H2,1-4H3,(H2,24,25,26);1H. The number of rotatable bonds is 8. The Hall–Kier alpha value is -1.42. The van der Waals surface area contributed by atoms with Crippen LogP contribution in [0.2, 0.25) is 0 Å². The van der Waals surface area contributed by atoms with Crippen molar-refractivity contribution in [2.24, 2.45) is 10.9 Å². The van der Waals surface area contributed by atoms with Gasteiger partial charge in [-0.3, -0.25) is 4.99 Å². The minimum Gasteiger partial charge on any atom is -0.497 e. The molecule has 1 aromatic carbocycles. The second-order valence-electron chi connectivity index (χ2n) is 8.57. The van der Waals surface area contributed by atoms with Gasteiger partial charge < -0.3 is 29.9 Å². The molecule has 2 aliphatic heterocycles. The van der Waals surface area contributed by atoms with Crippen molar-refractivity contribution in [1.82, 2.24) is 15.5 Å². The fourth-order valence-corrected chi connectivity index (χ4v) is 4.39. The van der Waals surface area contributed by atoms with E-state index in [1.54, 1.807) is 14.2 Å². The Kier molecular flexibility index (Phi) is 11.0.